The monoisotopic (exact) mass is 331 g/mol. The highest BCUT2D eigenvalue weighted by molar-refractivity contribution is 5.92. The Balaban J connectivity index is 1.72. The molecule has 2 fully saturated rings. The van der Waals surface area contributed by atoms with Crippen LogP contribution in [0.5, 0.6) is 0 Å². The van der Waals surface area contributed by atoms with E-state index in [0.29, 0.717) is 5.69 Å². The number of hydrogen-bond donors (Lipinski definition) is 0. The van der Waals surface area contributed by atoms with Gasteiger partial charge in [0.15, 0.2) is 0 Å². The minimum atomic E-state index is 0.0443. The van der Waals surface area contributed by atoms with Crippen molar-refractivity contribution in [2.75, 3.05) is 50.7 Å². The molecular weight excluding hydrogens is 302 g/mol. The Morgan fingerprint density at radius 3 is 2.42 bits per heavy atom. The van der Waals surface area contributed by atoms with Gasteiger partial charge >= 0.3 is 0 Å². The summed E-state index contributed by atoms with van der Waals surface area (Å²) in [6, 6.07) is 1.82. The summed E-state index contributed by atoms with van der Waals surface area (Å²) < 4.78 is 0. The number of likely N-dealkylation sites (N-methyl/N-ethyl adjacent to an activating group) is 1. The summed E-state index contributed by atoms with van der Waals surface area (Å²) in [5, 5.41) is 0. The fourth-order valence-electron chi connectivity index (χ4n) is 3.44. The van der Waals surface area contributed by atoms with Crippen molar-refractivity contribution in [3.63, 3.8) is 0 Å². The lowest BCUT2D eigenvalue weighted by atomic mass is 10.00. The Hall–Kier alpha value is -1.69. The molecule has 6 nitrogen and oxygen atoms in total. The van der Waals surface area contributed by atoms with Crippen molar-refractivity contribution in [1.29, 1.82) is 0 Å². The molecule has 1 amide bonds. The highest BCUT2D eigenvalue weighted by Crippen LogP contribution is 2.21. The molecule has 0 spiro atoms. The molecule has 6 heteroatoms. The molecule has 24 heavy (non-hydrogen) atoms. The molecule has 1 aromatic heterocycles. The number of aromatic nitrogens is 2. The molecule has 2 saturated heterocycles. The van der Waals surface area contributed by atoms with Gasteiger partial charge in [-0.15, -0.1) is 0 Å². The number of aryl methyl sites for hydroxylation is 1. The lowest BCUT2D eigenvalue weighted by molar-refractivity contribution is 0.0637. The quantitative estimate of drug-likeness (QED) is 0.845. The molecule has 3 heterocycles. The van der Waals surface area contributed by atoms with E-state index in [0.717, 1.165) is 63.4 Å². The van der Waals surface area contributed by atoms with E-state index in [4.69, 9.17) is 0 Å². The van der Waals surface area contributed by atoms with E-state index in [1.54, 1.807) is 0 Å². The summed E-state index contributed by atoms with van der Waals surface area (Å²) >= 11 is 0. The van der Waals surface area contributed by atoms with Gasteiger partial charge in [-0.2, -0.15) is 0 Å². The van der Waals surface area contributed by atoms with E-state index in [9.17, 15) is 4.79 Å². The van der Waals surface area contributed by atoms with Crippen LogP contribution < -0.4 is 4.90 Å². The third kappa shape index (κ3) is 3.86. The summed E-state index contributed by atoms with van der Waals surface area (Å²) in [4.78, 5) is 28.5. The summed E-state index contributed by atoms with van der Waals surface area (Å²) in [6.07, 6.45) is 2.33. The minimum Gasteiger partial charge on any atom is -0.341 e. The molecule has 3 rings (SSSR count). The van der Waals surface area contributed by atoms with Gasteiger partial charge in [-0.05, 0) is 38.3 Å². The van der Waals surface area contributed by atoms with Crippen molar-refractivity contribution in [2.45, 2.75) is 33.6 Å². The van der Waals surface area contributed by atoms with Crippen molar-refractivity contribution in [1.82, 2.24) is 19.8 Å². The number of carbonyl (C=O) groups excluding carboxylic acids is 1. The lowest BCUT2D eigenvalue weighted by Crippen LogP contribution is -2.48. The van der Waals surface area contributed by atoms with Crippen LogP contribution in [0.1, 0.15) is 42.9 Å². The van der Waals surface area contributed by atoms with Crippen LogP contribution in [0, 0.1) is 12.8 Å². The molecule has 0 aromatic carbocycles. The number of anilines is 1. The summed E-state index contributed by atoms with van der Waals surface area (Å²) in [5.41, 5.74) is 1.41. The van der Waals surface area contributed by atoms with Crippen molar-refractivity contribution in [2.24, 2.45) is 5.92 Å². The molecule has 2 aliphatic rings. The van der Waals surface area contributed by atoms with Crippen LogP contribution in [0.2, 0.25) is 0 Å². The molecule has 0 atom stereocenters. The number of piperidine rings is 1. The largest absolute Gasteiger partial charge is 0.341 e. The number of rotatable bonds is 3. The smallest absolute Gasteiger partial charge is 0.272 e. The minimum absolute atomic E-state index is 0.0443. The Bertz CT molecular complexity index is 575. The number of nitrogens with zero attached hydrogens (tertiary/aromatic N) is 5. The van der Waals surface area contributed by atoms with Crippen molar-refractivity contribution in [3.8, 4) is 0 Å². The fourth-order valence-corrected chi connectivity index (χ4v) is 3.44. The van der Waals surface area contributed by atoms with Crippen molar-refractivity contribution >= 4 is 11.9 Å². The predicted octanol–water partition coefficient (Wildman–Crippen LogP) is 1.80. The second-order valence-electron chi connectivity index (χ2n) is 7.09. The Kier molecular flexibility index (Phi) is 5.33. The highest BCUT2D eigenvalue weighted by atomic mass is 16.2. The maximum absolute atomic E-state index is 12.8. The molecule has 1 aromatic rings. The van der Waals surface area contributed by atoms with Crippen LogP contribution in [-0.2, 0) is 0 Å². The maximum atomic E-state index is 12.8. The van der Waals surface area contributed by atoms with Crippen LogP contribution in [0.3, 0.4) is 0 Å². The van der Waals surface area contributed by atoms with Gasteiger partial charge in [0.05, 0.1) is 0 Å². The second-order valence-corrected chi connectivity index (χ2v) is 7.09. The lowest BCUT2D eigenvalue weighted by Gasteiger charge is -2.34. The summed E-state index contributed by atoms with van der Waals surface area (Å²) in [7, 11) is 0. The molecule has 132 valence electrons. The van der Waals surface area contributed by atoms with Crippen LogP contribution in [0.15, 0.2) is 6.07 Å². The number of piperazine rings is 1. The highest BCUT2D eigenvalue weighted by Gasteiger charge is 2.24. The van der Waals surface area contributed by atoms with E-state index in [1.165, 1.54) is 12.8 Å². The van der Waals surface area contributed by atoms with Gasteiger partial charge in [0.25, 0.3) is 5.91 Å². The molecule has 0 saturated carbocycles. The van der Waals surface area contributed by atoms with Crippen LogP contribution in [0.25, 0.3) is 0 Å². The van der Waals surface area contributed by atoms with Crippen molar-refractivity contribution < 1.29 is 4.79 Å². The molecule has 0 bridgehead atoms. The first-order valence-corrected chi connectivity index (χ1v) is 9.19. The Morgan fingerprint density at radius 1 is 1.12 bits per heavy atom. The van der Waals surface area contributed by atoms with Gasteiger partial charge < -0.3 is 14.7 Å². The zero-order valence-electron chi connectivity index (χ0n) is 15.2. The van der Waals surface area contributed by atoms with E-state index < -0.39 is 0 Å². The van der Waals surface area contributed by atoms with Gasteiger partial charge in [0.2, 0.25) is 5.95 Å². The number of carbonyl (C=O) groups is 1. The van der Waals surface area contributed by atoms with Gasteiger partial charge in [-0.25, -0.2) is 9.97 Å². The van der Waals surface area contributed by atoms with E-state index in [-0.39, 0.29) is 5.91 Å². The SMILES string of the molecule is CCN1CCN(C(=O)c2cc(C)nc(N3CCC(C)CC3)n2)CC1. The first-order chi connectivity index (χ1) is 11.6. The topological polar surface area (TPSA) is 52.6 Å². The molecule has 0 unspecified atom stereocenters. The van der Waals surface area contributed by atoms with Gasteiger partial charge in [0, 0.05) is 45.0 Å². The normalized spacial score (nSPS) is 20.5. The summed E-state index contributed by atoms with van der Waals surface area (Å²) in [6.45, 7) is 12.9. The fraction of sp³-hybridized carbons (Fsp3) is 0.722. The van der Waals surface area contributed by atoms with Gasteiger partial charge in [-0.3, -0.25) is 4.79 Å². The van der Waals surface area contributed by atoms with Crippen molar-refractivity contribution in [3.05, 3.63) is 17.5 Å². The first kappa shape index (κ1) is 17.1. The third-order valence-electron chi connectivity index (χ3n) is 5.23. The first-order valence-electron chi connectivity index (χ1n) is 9.19. The standard InChI is InChI=1S/C18H29N5O/c1-4-21-9-11-22(12-10-21)17(24)16-13-15(3)19-18(20-16)23-7-5-14(2)6-8-23/h13-14H,4-12H2,1-3H3. The van der Waals surface area contributed by atoms with Crippen LogP contribution in [0.4, 0.5) is 5.95 Å². The zero-order chi connectivity index (χ0) is 17.1. The number of amides is 1. The maximum Gasteiger partial charge on any atom is 0.272 e. The molecule has 0 radical (unpaired) electrons. The number of hydrogen-bond acceptors (Lipinski definition) is 5. The third-order valence-corrected chi connectivity index (χ3v) is 5.23. The molecule has 2 aliphatic heterocycles. The summed E-state index contributed by atoms with van der Waals surface area (Å²) in [5.74, 6) is 1.53. The predicted molar refractivity (Wildman–Crippen MR) is 95.4 cm³/mol. The van der Waals surface area contributed by atoms with E-state index >= 15 is 0 Å². The molecule has 0 N–H and O–H groups in total. The zero-order valence-corrected chi connectivity index (χ0v) is 15.2. The molecule has 0 aliphatic carbocycles. The van der Waals surface area contributed by atoms with Gasteiger partial charge in [-0.1, -0.05) is 13.8 Å². The Morgan fingerprint density at radius 2 is 1.79 bits per heavy atom. The van der Waals surface area contributed by atoms with Crippen LogP contribution >= 0.6 is 0 Å². The average Bonchev–Trinajstić information content (AvgIpc) is 2.61. The Labute approximate surface area is 144 Å². The van der Waals surface area contributed by atoms with E-state index in [2.05, 4.69) is 33.6 Å². The van der Waals surface area contributed by atoms with Gasteiger partial charge in [0.1, 0.15) is 5.69 Å². The average molecular weight is 331 g/mol. The van der Waals surface area contributed by atoms with Crippen LogP contribution in [-0.4, -0.2) is 71.5 Å². The molecular formula is C18H29N5O. The van der Waals surface area contributed by atoms with E-state index in [1.807, 2.05) is 17.9 Å². The second kappa shape index (κ2) is 7.47.